The van der Waals surface area contributed by atoms with Crippen molar-refractivity contribution in [2.24, 2.45) is 0 Å². The van der Waals surface area contributed by atoms with Crippen molar-refractivity contribution < 1.29 is 38.7 Å². The van der Waals surface area contributed by atoms with Gasteiger partial charge in [0.1, 0.15) is 18.5 Å². The Morgan fingerprint density at radius 2 is 2.00 bits per heavy atom. The standard InChI is InChI=1S/C15H20O8S/c1-19-11-3-9(4-12(20-2)15(11)18)21-5-10-6-22-14(23-10)8-24-7-13(16)17/h3-4,10,14,18H,5-8H2,1-2H3,(H,16,17). The first-order valence-electron chi connectivity index (χ1n) is 7.18. The van der Waals surface area contributed by atoms with Crippen LogP contribution in [-0.2, 0) is 14.3 Å². The van der Waals surface area contributed by atoms with Gasteiger partial charge in [-0.1, -0.05) is 0 Å². The Balaban J connectivity index is 1.83. The van der Waals surface area contributed by atoms with Crippen molar-refractivity contribution in [1.29, 1.82) is 0 Å². The van der Waals surface area contributed by atoms with E-state index in [1.807, 2.05) is 0 Å². The number of carbonyl (C=O) groups is 1. The van der Waals surface area contributed by atoms with Crippen LogP contribution in [0.5, 0.6) is 23.0 Å². The molecule has 0 amide bonds. The third-order valence-corrected chi connectivity index (χ3v) is 4.14. The van der Waals surface area contributed by atoms with Gasteiger partial charge in [-0.25, -0.2) is 0 Å². The number of hydrogen-bond donors (Lipinski definition) is 2. The van der Waals surface area contributed by atoms with Crippen LogP contribution in [0, 0.1) is 0 Å². The Morgan fingerprint density at radius 1 is 1.33 bits per heavy atom. The number of methoxy groups -OCH3 is 2. The number of carboxylic acids is 1. The largest absolute Gasteiger partial charge is 0.502 e. The van der Waals surface area contributed by atoms with Crippen molar-refractivity contribution >= 4 is 17.7 Å². The smallest absolute Gasteiger partial charge is 0.313 e. The normalized spacial score (nSPS) is 19.9. The second kappa shape index (κ2) is 8.86. The van der Waals surface area contributed by atoms with E-state index >= 15 is 0 Å². The van der Waals surface area contributed by atoms with Gasteiger partial charge in [-0.2, -0.15) is 0 Å². The van der Waals surface area contributed by atoms with E-state index in [4.69, 9.17) is 28.8 Å². The highest BCUT2D eigenvalue weighted by molar-refractivity contribution is 7.99. The van der Waals surface area contributed by atoms with Crippen LogP contribution in [0.25, 0.3) is 0 Å². The fourth-order valence-corrected chi connectivity index (χ4v) is 2.73. The van der Waals surface area contributed by atoms with Gasteiger partial charge in [-0.3, -0.25) is 4.79 Å². The van der Waals surface area contributed by atoms with Crippen LogP contribution >= 0.6 is 11.8 Å². The maximum Gasteiger partial charge on any atom is 0.313 e. The molecule has 1 aliphatic heterocycles. The summed E-state index contributed by atoms with van der Waals surface area (Å²) in [7, 11) is 2.87. The van der Waals surface area contributed by atoms with Crippen molar-refractivity contribution in [3.63, 3.8) is 0 Å². The second-order valence-electron chi connectivity index (χ2n) is 4.92. The summed E-state index contributed by atoms with van der Waals surface area (Å²) in [6.07, 6.45) is -0.696. The van der Waals surface area contributed by atoms with Gasteiger partial charge in [-0.15, -0.1) is 11.8 Å². The number of aromatic hydroxyl groups is 1. The number of hydrogen-bond acceptors (Lipinski definition) is 8. The number of aliphatic carboxylic acids is 1. The van der Waals surface area contributed by atoms with Crippen molar-refractivity contribution in [1.82, 2.24) is 0 Å². The molecule has 134 valence electrons. The lowest BCUT2D eigenvalue weighted by Crippen LogP contribution is -2.21. The molecule has 1 heterocycles. The average Bonchev–Trinajstić information content (AvgIpc) is 3.01. The third kappa shape index (κ3) is 5.08. The van der Waals surface area contributed by atoms with Gasteiger partial charge in [0.15, 0.2) is 17.8 Å². The highest BCUT2D eigenvalue weighted by Crippen LogP contribution is 2.39. The zero-order chi connectivity index (χ0) is 17.5. The molecule has 1 saturated heterocycles. The molecular weight excluding hydrogens is 340 g/mol. The van der Waals surface area contributed by atoms with Crippen molar-refractivity contribution in [2.75, 3.05) is 38.9 Å². The number of phenolic OH excluding ortho intramolecular Hbond substituents is 1. The van der Waals surface area contributed by atoms with E-state index in [1.54, 1.807) is 12.1 Å². The minimum Gasteiger partial charge on any atom is -0.502 e. The Kier molecular flexibility index (Phi) is 6.83. The Hall–Kier alpha value is -1.84. The van der Waals surface area contributed by atoms with Gasteiger partial charge >= 0.3 is 5.97 Å². The minimum atomic E-state index is -0.867. The van der Waals surface area contributed by atoms with Crippen LogP contribution in [-0.4, -0.2) is 67.5 Å². The Labute approximate surface area is 143 Å². The average molecular weight is 360 g/mol. The molecule has 1 aromatic rings. The van der Waals surface area contributed by atoms with Crippen molar-refractivity contribution in [3.8, 4) is 23.0 Å². The lowest BCUT2D eigenvalue weighted by Gasteiger charge is -2.14. The molecule has 0 radical (unpaired) electrons. The number of benzene rings is 1. The fraction of sp³-hybridized carbons (Fsp3) is 0.533. The zero-order valence-electron chi connectivity index (χ0n) is 13.4. The first-order chi connectivity index (χ1) is 11.5. The van der Waals surface area contributed by atoms with Gasteiger partial charge in [0, 0.05) is 17.9 Å². The number of thioether (sulfide) groups is 1. The Morgan fingerprint density at radius 3 is 2.58 bits per heavy atom. The van der Waals surface area contributed by atoms with Crippen molar-refractivity contribution in [3.05, 3.63) is 12.1 Å². The highest BCUT2D eigenvalue weighted by atomic mass is 32.2. The molecule has 0 spiro atoms. The quantitative estimate of drug-likeness (QED) is 0.675. The second-order valence-corrected chi connectivity index (χ2v) is 5.95. The van der Waals surface area contributed by atoms with Gasteiger partial charge < -0.3 is 33.9 Å². The van der Waals surface area contributed by atoms with Crippen LogP contribution in [0.15, 0.2) is 12.1 Å². The van der Waals surface area contributed by atoms with Crippen LogP contribution in [0.1, 0.15) is 0 Å². The predicted molar refractivity (Wildman–Crippen MR) is 86.3 cm³/mol. The van der Waals surface area contributed by atoms with E-state index in [1.165, 1.54) is 26.0 Å². The van der Waals surface area contributed by atoms with Gasteiger partial charge in [0.2, 0.25) is 5.75 Å². The van der Waals surface area contributed by atoms with E-state index in [0.29, 0.717) is 18.1 Å². The van der Waals surface area contributed by atoms with Crippen LogP contribution < -0.4 is 14.2 Å². The molecule has 0 bridgehead atoms. The summed E-state index contributed by atoms with van der Waals surface area (Å²) < 4.78 is 26.8. The molecule has 24 heavy (non-hydrogen) atoms. The Bertz CT molecular complexity index is 539. The summed E-state index contributed by atoms with van der Waals surface area (Å²) in [6, 6.07) is 3.10. The van der Waals surface area contributed by atoms with Gasteiger partial charge in [-0.05, 0) is 0 Å². The van der Waals surface area contributed by atoms with Crippen molar-refractivity contribution in [2.45, 2.75) is 12.4 Å². The third-order valence-electron chi connectivity index (χ3n) is 3.18. The van der Waals surface area contributed by atoms with Gasteiger partial charge in [0.25, 0.3) is 0 Å². The number of rotatable bonds is 9. The van der Waals surface area contributed by atoms with Crippen LogP contribution in [0.4, 0.5) is 0 Å². The molecule has 0 aromatic heterocycles. The number of carboxylic acid groups (broad SMARTS) is 1. The highest BCUT2D eigenvalue weighted by Gasteiger charge is 2.27. The monoisotopic (exact) mass is 360 g/mol. The summed E-state index contributed by atoms with van der Waals surface area (Å²) in [5.41, 5.74) is 0. The summed E-state index contributed by atoms with van der Waals surface area (Å²) in [4.78, 5) is 10.5. The SMILES string of the molecule is COc1cc(OCC2COC(CSCC(=O)O)O2)cc(OC)c1O. The molecule has 1 aliphatic rings. The van der Waals surface area contributed by atoms with Crippen LogP contribution in [0.2, 0.25) is 0 Å². The number of ether oxygens (including phenoxy) is 5. The summed E-state index contributed by atoms with van der Waals surface area (Å²) in [6.45, 7) is 0.613. The lowest BCUT2D eigenvalue weighted by atomic mass is 10.2. The summed E-state index contributed by atoms with van der Waals surface area (Å²) in [5.74, 6) is 0.457. The van der Waals surface area contributed by atoms with E-state index in [-0.39, 0.29) is 35.7 Å². The predicted octanol–water partition coefficient (Wildman–Crippen LogP) is 1.35. The molecule has 8 nitrogen and oxygen atoms in total. The van der Waals surface area contributed by atoms with E-state index in [2.05, 4.69) is 0 Å². The molecule has 2 atom stereocenters. The molecule has 1 fully saturated rings. The zero-order valence-corrected chi connectivity index (χ0v) is 14.2. The maximum atomic E-state index is 10.5. The molecule has 0 saturated carbocycles. The summed E-state index contributed by atoms with van der Waals surface area (Å²) in [5, 5.41) is 18.4. The lowest BCUT2D eigenvalue weighted by molar-refractivity contribution is -0.133. The van der Waals surface area contributed by atoms with E-state index in [0.717, 1.165) is 0 Å². The molecule has 1 aromatic carbocycles. The molecule has 2 unspecified atom stereocenters. The topological polar surface area (TPSA) is 104 Å². The first-order valence-corrected chi connectivity index (χ1v) is 8.33. The molecule has 2 N–H and O–H groups in total. The number of phenols is 1. The van der Waals surface area contributed by atoms with Gasteiger partial charge in [0.05, 0.1) is 26.6 Å². The molecule has 0 aliphatic carbocycles. The minimum absolute atomic E-state index is 0.0114. The first kappa shape index (κ1) is 18.5. The fourth-order valence-electron chi connectivity index (χ4n) is 2.07. The molecule has 9 heteroatoms. The molecular formula is C15H20O8S. The maximum absolute atomic E-state index is 10.5. The molecule has 2 rings (SSSR count). The van der Waals surface area contributed by atoms with Crippen LogP contribution in [0.3, 0.4) is 0 Å². The van der Waals surface area contributed by atoms with E-state index in [9.17, 15) is 9.90 Å². The summed E-state index contributed by atoms with van der Waals surface area (Å²) >= 11 is 1.24. The van der Waals surface area contributed by atoms with E-state index < -0.39 is 12.3 Å².